The van der Waals surface area contributed by atoms with Gasteiger partial charge in [0.25, 0.3) is 5.91 Å². The predicted octanol–water partition coefficient (Wildman–Crippen LogP) is 0.690. The van der Waals surface area contributed by atoms with Crippen LogP contribution < -0.4 is 15.4 Å². The van der Waals surface area contributed by atoms with Crippen molar-refractivity contribution in [2.75, 3.05) is 64.6 Å². The average Bonchev–Trinajstić information content (AvgIpc) is 2.52. The summed E-state index contributed by atoms with van der Waals surface area (Å²) >= 11 is 0. The third-order valence-electron chi connectivity index (χ3n) is 4.47. The number of carbonyl (C=O) groups excluding carboxylic acids is 2. The Morgan fingerprint density at radius 1 is 1.24 bits per heavy atom. The highest BCUT2D eigenvalue weighted by Crippen LogP contribution is 2.35. The molecule has 1 saturated heterocycles. The smallest absolute Gasteiger partial charge is 0.279 e. The SMILES string of the molecule is COc1cc(NC(C)=O)c(O)cc1NC(=O)C[N+]1(C)CCN(C)CC1. The van der Waals surface area contributed by atoms with Gasteiger partial charge in [-0.1, -0.05) is 0 Å². The molecule has 0 unspecified atom stereocenters. The Kier molecular flexibility index (Phi) is 5.86. The molecule has 138 valence electrons. The topological polar surface area (TPSA) is 90.9 Å². The van der Waals surface area contributed by atoms with Crippen molar-refractivity contribution >= 4 is 23.2 Å². The molecule has 1 aliphatic rings. The zero-order valence-electron chi connectivity index (χ0n) is 15.3. The summed E-state index contributed by atoms with van der Waals surface area (Å²) in [7, 11) is 5.61. The van der Waals surface area contributed by atoms with E-state index in [0.29, 0.717) is 22.5 Å². The maximum atomic E-state index is 12.5. The number of hydrogen-bond donors (Lipinski definition) is 3. The lowest BCUT2D eigenvalue weighted by Gasteiger charge is -2.40. The van der Waals surface area contributed by atoms with Crippen LogP contribution in [0.25, 0.3) is 0 Å². The van der Waals surface area contributed by atoms with Crippen molar-refractivity contribution < 1.29 is 23.9 Å². The van der Waals surface area contributed by atoms with E-state index in [1.54, 1.807) is 0 Å². The maximum Gasteiger partial charge on any atom is 0.279 e. The number of nitrogens with one attached hydrogen (secondary N) is 2. The number of hydrogen-bond acceptors (Lipinski definition) is 5. The highest BCUT2D eigenvalue weighted by Gasteiger charge is 2.30. The van der Waals surface area contributed by atoms with Crippen LogP contribution in [0.4, 0.5) is 11.4 Å². The Morgan fingerprint density at radius 2 is 1.88 bits per heavy atom. The number of benzene rings is 1. The molecule has 25 heavy (non-hydrogen) atoms. The largest absolute Gasteiger partial charge is 0.506 e. The molecule has 1 aromatic carbocycles. The Hall–Kier alpha value is -2.32. The number of nitrogens with zero attached hydrogens (tertiary/aromatic N) is 2. The molecule has 0 aromatic heterocycles. The lowest BCUT2D eigenvalue weighted by molar-refractivity contribution is -0.905. The van der Waals surface area contributed by atoms with Gasteiger partial charge in [-0.05, 0) is 7.05 Å². The van der Waals surface area contributed by atoms with Crippen molar-refractivity contribution in [2.45, 2.75) is 6.92 Å². The summed E-state index contributed by atoms with van der Waals surface area (Å²) in [6.07, 6.45) is 0. The summed E-state index contributed by atoms with van der Waals surface area (Å²) in [5, 5.41) is 15.4. The second kappa shape index (κ2) is 7.71. The highest BCUT2D eigenvalue weighted by molar-refractivity contribution is 5.96. The summed E-state index contributed by atoms with van der Waals surface area (Å²) in [6, 6.07) is 2.87. The van der Waals surface area contributed by atoms with Gasteiger partial charge in [-0.25, -0.2) is 0 Å². The first-order valence-corrected chi connectivity index (χ1v) is 8.23. The molecule has 0 spiro atoms. The molecule has 0 radical (unpaired) electrons. The van der Waals surface area contributed by atoms with Crippen molar-refractivity contribution in [3.8, 4) is 11.5 Å². The molecule has 2 rings (SSSR count). The molecule has 0 aliphatic carbocycles. The molecule has 0 saturated carbocycles. The third-order valence-corrected chi connectivity index (χ3v) is 4.47. The number of phenolic OH excluding ortho intramolecular Hbond substituents is 1. The van der Waals surface area contributed by atoms with Gasteiger partial charge < -0.3 is 25.0 Å². The lowest BCUT2D eigenvalue weighted by Crippen LogP contribution is -2.58. The van der Waals surface area contributed by atoms with E-state index in [1.165, 1.54) is 26.2 Å². The van der Waals surface area contributed by atoms with Crippen molar-refractivity contribution in [1.29, 1.82) is 0 Å². The monoisotopic (exact) mass is 351 g/mol. The van der Waals surface area contributed by atoms with Crippen LogP contribution in [-0.2, 0) is 9.59 Å². The van der Waals surface area contributed by atoms with Crippen molar-refractivity contribution in [1.82, 2.24) is 4.90 Å². The number of anilines is 2. The fourth-order valence-electron chi connectivity index (χ4n) is 2.87. The van der Waals surface area contributed by atoms with Gasteiger partial charge in [-0.2, -0.15) is 0 Å². The van der Waals surface area contributed by atoms with Crippen LogP contribution in [0.15, 0.2) is 12.1 Å². The van der Waals surface area contributed by atoms with E-state index < -0.39 is 0 Å². The molecule has 0 bridgehead atoms. The Balaban J connectivity index is 2.09. The number of carbonyl (C=O) groups is 2. The van der Waals surface area contributed by atoms with Crippen LogP contribution in [0.1, 0.15) is 6.92 Å². The van der Waals surface area contributed by atoms with Gasteiger partial charge in [0.1, 0.15) is 11.5 Å². The number of amides is 2. The first-order chi connectivity index (χ1) is 11.7. The molecule has 8 heteroatoms. The van der Waals surface area contributed by atoms with Crippen LogP contribution in [-0.4, -0.2) is 80.2 Å². The van der Waals surface area contributed by atoms with Crippen LogP contribution in [0.2, 0.25) is 0 Å². The first-order valence-electron chi connectivity index (χ1n) is 8.23. The lowest BCUT2D eigenvalue weighted by atomic mass is 10.2. The van der Waals surface area contributed by atoms with Gasteiger partial charge in [-0.15, -0.1) is 0 Å². The van der Waals surface area contributed by atoms with Crippen LogP contribution in [0.5, 0.6) is 11.5 Å². The molecule has 0 atom stereocenters. The zero-order chi connectivity index (χ0) is 18.6. The Labute approximate surface area is 148 Å². The summed E-state index contributed by atoms with van der Waals surface area (Å²) in [5.41, 5.74) is 0.611. The van der Waals surface area contributed by atoms with Crippen molar-refractivity contribution in [2.24, 2.45) is 0 Å². The Morgan fingerprint density at radius 3 is 2.44 bits per heavy atom. The minimum Gasteiger partial charge on any atom is -0.506 e. The average molecular weight is 351 g/mol. The fraction of sp³-hybridized carbons (Fsp3) is 0.529. The van der Waals surface area contributed by atoms with Gasteiger partial charge in [0.15, 0.2) is 6.54 Å². The molecule has 1 fully saturated rings. The van der Waals surface area contributed by atoms with Gasteiger partial charge >= 0.3 is 0 Å². The van der Waals surface area contributed by atoms with Crippen molar-refractivity contribution in [3.05, 3.63) is 12.1 Å². The normalized spacial score (nSPS) is 17.0. The van der Waals surface area contributed by atoms with Gasteiger partial charge in [0.2, 0.25) is 5.91 Å². The third kappa shape index (κ3) is 5.07. The summed E-state index contributed by atoms with van der Waals surface area (Å²) < 4.78 is 5.94. The van der Waals surface area contributed by atoms with E-state index in [2.05, 4.69) is 29.6 Å². The number of quaternary nitrogens is 1. The Bertz CT molecular complexity index is 654. The molecule has 3 N–H and O–H groups in total. The number of aromatic hydroxyl groups is 1. The number of ether oxygens (including phenoxy) is 1. The standard InChI is InChI=1S/C17H26N4O4/c1-12(22)18-13-10-16(25-4)14(9-15(13)23)19-17(24)11-21(3)7-5-20(2)6-8-21/h9-10H,5-8,11H2,1-4H3,(H2-,18,19,22,23,24)/p+1. The summed E-state index contributed by atoms with van der Waals surface area (Å²) in [4.78, 5) is 25.9. The van der Waals surface area contributed by atoms with E-state index in [0.717, 1.165) is 26.2 Å². The summed E-state index contributed by atoms with van der Waals surface area (Å²) in [6.45, 7) is 5.44. The predicted molar refractivity (Wildman–Crippen MR) is 95.9 cm³/mol. The van der Waals surface area contributed by atoms with E-state index in [1.807, 2.05) is 0 Å². The highest BCUT2D eigenvalue weighted by atomic mass is 16.5. The number of methoxy groups -OCH3 is 1. The van der Waals surface area contributed by atoms with Crippen molar-refractivity contribution in [3.63, 3.8) is 0 Å². The molecule has 1 aliphatic heterocycles. The van der Waals surface area contributed by atoms with Crippen LogP contribution in [0, 0.1) is 0 Å². The molecule has 1 heterocycles. The van der Waals surface area contributed by atoms with Gasteiger partial charge in [0, 0.05) is 32.1 Å². The minimum absolute atomic E-state index is 0.133. The van der Waals surface area contributed by atoms with Gasteiger partial charge in [-0.3, -0.25) is 14.5 Å². The molecular weight excluding hydrogens is 324 g/mol. The zero-order valence-corrected chi connectivity index (χ0v) is 15.3. The number of likely N-dealkylation sites (N-methyl/N-ethyl adjacent to an activating group) is 2. The molecule has 1 aromatic rings. The maximum absolute atomic E-state index is 12.5. The molecule has 2 amide bonds. The minimum atomic E-state index is -0.304. The first kappa shape index (κ1) is 19.0. The fourth-order valence-corrected chi connectivity index (χ4v) is 2.87. The number of rotatable bonds is 5. The van der Waals surface area contributed by atoms with E-state index in [9.17, 15) is 14.7 Å². The second-order valence-electron chi connectivity index (χ2n) is 6.83. The second-order valence-corrected chi connectivity index (χ2v) is 6.83. The van der Waals surface area contributed by atoms with Crippen LogP contribution >= 0.6 is 0 Å². The molecule has 8 nitrogen and oxygen atoms in total. The number of phenols is 1. The van der Waals surface area contributed by atoms with E-state index in [-0.39, 0.29) is 23.3 Å². The van der Waals surface area contributed by atoms with E-state index >= 15 is 0 Å². The summed E-state index contributed by atoms with van der Waals surface area (Å²) in [5.74, 6) is -0.208. The quantitative estimate of drug-likeness (QED) is 0.536. The van der Waals surface area contributed by atoms with Gasteiger partial charge in [0.05, 0.1) is 38.6 Å². The molecular formula is C17H27N4O4+. The number of piperazine rings is 1. The van der Waals surface area contributed by atoms with E-state index in [4.69, 9.17) is 4.74 Å². The van der Waals surface area contributed by atoms with Crippen LogP contribution in [0.3, 0.4) is 0 Å².